The van der Waals surface area contributed by atoms with E-state index in [1.54, 1.807) is 15.9 Å². The van der Waals surface area contributed by atoms with Gasteiger partial charge in [0.15, 0.2) is 0 Å². The molecule has 1 heterocycles. The molecule has 0 atom stereocenters. The lowest BCUT2D eigenvalue weighted by atomic mass is 10.1. The summed E-state index contributed by atoms with van der Waals surface area (Å²) in [7, 11) is 1.37. The van der Waals surface area contributed by atoms with Crippen LogP contribution in [0.2, 0.25) is 0 Å². The van der Waals surface area contributed by atoms with E-state index in [0.29, 0.717) is 50.5 Å². The summed E-state index contributed by atoms with van der Waals surface area (Å²) in [5, 5.41) is 0. The van der Waals surface area contributed by atoms with E-state index in [2.05, 4.69) is 15.9 Å². The average Bonchev–Trinajstić information content (AvgIpc) is 2.98. The molecule has 1 aliphatic heterocycles. The van der Waals surface area contributed by atoms with Crippen molar-refractivity contribution in [2.24, 2.45) is 0 Å². The number of nitrogens with zero attached hydrogens (tertiary/aromatic N) is 2. The topological polar surface area (TPSA) is 59.1 Å². The third-order valence-electron chi connectivity index (χ3n) is 4.62. The molecule has 0 bridgehead atoms. The summed E-state index contributed by atoms with van der Waals surface area (Å²) in [5.74, 6) is 0.470. The first kappa shape index (κ1) is 20.2. The number of para-hydroxylation sites is 1. The Morgan fingerprint density at radius 2 is 1.75 bits per heavy atom. The van der Waals surface area contributed by atoms with Crippen LogP contribution in [-0.2, 0) is 11.3 Å². The Labute approximate surface area is 173 Å². The Morgan fingerprint density at radius 3 is 2.54 bits per heavy atom. The Kier molecular flexibility index (Phi) is 6.92. The number of hydrogen-bond donors (Lipinski definition) is 0. The second kappa shape index (κ2) is 9.59. The van der Waals surface area contributed by atoms with E-state index < -0.39 is 0 Å². The molecule has 0 saturated carbocycles. The molecule has 6 nitrogen and oxygen atoms in total. The minimum Gasteiger partial charge on any atom is -0.488 e. The first-order valence-electron chi connectivity index (χ1n) is 9.17. The molecule has 28 heavy (non-hydrogen) atoms. The second-order valence-corrected chi connectivity index (χ2v) is 7.43. The molecule has 2 aromatic rings. The number of carbonyl (C=O) groups excluding carboxylic acids is 2. The lowest BCUT2D eigenvalue weighted by Crippen LogP contribution is -2.37. The van der Waals surface area contributed by atoms with Crippen molar-refractivity contribution in [1.29, 1.82) is 0 Å². The Hall–Kier alpha value is -2.54. The summed E-state index contributed by atoms with van der Waals surface area (Å²) in [6, 6.07) is 15.1. The molecular weight excluding hydrogens is 424 g/mol. The smallest absolute Gasteiger partial charge is 0.409 e. The van der Waals surface area contributed by atoms with Crippen molar-refractivity contribution >= 4 is 27.9 Å². The normalized spacial score (nSPS) is 14.4. The van der Waals surface area contributed by atoms with Crippen LogP contribution < -0.4 is 4.74 Å². The van der Waals surface area contributed by atoms with Gasteiger partial charge >= 0.3 is 6.09 Å². The van der Waals surface area contributed by atoms with E-state index in [-0.39, 0.29) is 12.0 Å². The molecule has 1 aliphatic rings. The fraction of sp³-hybridized carbons (Fsp3) is 0.333. The van der Waals surface area contributed by atoms with Gasteiger partial charge < -0.3 is 19.3 Å². The fourth-order valence-corrected chi connectivity index (χ4v) is 3.61. The quantitative estimate of drug-likeness (QED) is 0.713. The highest BCUT2D eigenvalue weighted by Crippen LogP contribution is 2.22. The zero-order chi connectivity index (χ0) is 19.9. The SMILES string of the molecule is COC(=O)N1CCCN(C(=O)c2ccccc2OCc2cccc(Br)c2)CC1. The van der Waals surface area contributed by atoms with Crippen LogP contribution in [0.25, 0.3) is 0 Å². The molecule has 3 rings (SSSR count). The Balaban J connectivity index is 1.69. The number of amides is 2. The van der Waals surface area contributed by atoms with E-state index in [9.17, 15) is 9.59 Å². The van der Waals surface area contributed by atoms with Crippen LogP contribution in [0.3, 0.4) is 0 Å². The van der Waals surface area contributed by atoms with Crippen molar-refractivity contribution in [2.75, 3.05) is 33.3 Å². The minimum absolute atomic E-state index is 0.0865. The summed E-state index contributed by atoms with van der Waals surface area (Å²) in [5.41, 5.74) is 1.55. The lowest BCUT2D eigenvalue weighted by Gasteiger charge is -2.22. The molecule has 0 radical (unpaired) electrons. The van der Waals surface area contributed by atoms with Crippen molar-refractivity contribution in [2.45, 2.75) is 13.0 Å². The number of methoxy groups -OCH3 is 1. The molecular formula is C21H23BrN2O4. The number of benzene rings is 2. The molecule has 0 unspecified atom stereocenters. The molecule has 0 spiro atoms. The fourth-order valence-electron chi connectivity index (χ4n) is 3.16. The summed E-state index contributed by atoms with van der Waals surface area (Å²) in [4.78, 5) is 28.2. The maximum Gasteiger partial charge on any atom is 0.409 e. The molecule has 2 aromatic carbocycles. The molecule has 0 N–H and O–H groups in total. The summed E-state index contributed by atoms with van der Waals surface area (Å²) >= 11 is 3.45. The first-order chi connectivity index (χ1) is 13.6. The highest BCUT2D eigenvalue weighted by Gasteiger charge is 2.24. The van der Waals surface area contributed by atoms with Gasteiger partial charge in [0.1, 0.15) is 12.4 Å². The molecule has 1 saturated heterocycles. The van der Waals surface area contributed by atoms with Crippen LogP contribution >= 0.6 is 15.9 Å². The lowest BCUT2D eigenvalue weighted by molar-refractivity contribution is 0.0752. The number of ether oxygens (including phenoxy) is 2. The van der Waals surface area contributed by atoms with E-state index >= 15 is 0 Å². The largest absolute Gasteiger partial charge is 0.488 e. The van der Waals surface area contributed by atoms with Gasteiger partial charge in [-0.25, -0.2) is 4.79 Å². The van der Waals surface area contributed by atoms with Crippen molar-refractivity contribution in [3.05, 3.63) is 64.1 Å². The average molecular weight is 447 g/mol. The van der Waals surface area contributed by atoms with E-state index in [4.69, 9.17) is 9.47 Å². The molecule has 0 aromatic heterocycles. The maximum atomic E-state index is 13.1. The van der Waals surface area contributed by atoms with E-state index in [1.807, 2.05) is 42.5 Å². The van der Waals surface area contributed by atoms with Crippen molar-refractivity contribution in [3.63, 3.8) is 0 Å². The number of hydrogen-bond acceptors (Lipinski definition) is 4. The number of rotatable bonds is 4. The van der Waals surface area contributed by atoms with Gasteiger partial charge in [-0.15, -0.1) is 0 Å². The zero-order valence-corrected chi connectivity index (χ0v) is 17.4. The maximum absolute atomic E-state index is 13.1. The van der Waals surface area contributed by atoms with Gasteiger partial charge in [-0.1, -0.05) is 40.2 Å². The molecule has 0 aliphatic carbocycles. The van der Waals surface area contributed by atoms with Crippen LogP contribution in [0.5, 0.6) is 5.75 Å². The van der Waals surface area contributed by atoms with Gasteiger partial charge in [0.25, 0.3) is 5.91 Å². The van der Waals surface area contributed by atoms with Crippen molar-refractivity contribution in [1.82, 2.24) is 9.80 Å². The third kappa shape index (κ3) is 5.04. The minimum atomic E-state index is -0.355. The van der Waals surface area contributed by atoms with Gasteiger partial charge in [0.05, 0.1) is 12.7 Å². The van der Waals surface area contributed by atoms with E-state index in [0.717, 1.165) is 10.0 Å². The number of halogens is 1. The van der Waals surface area contributed by atoms with Gasteiger partial charge in [0, 0.05) is 30.7 Å². The number of carbonyl (C=O) groups is 2. The van der Waals surface area contributed by atoms with Crippen LogP contribution in [0.4, 0.5) is 4.79 Å². The third-order valence-corrected chi connectivity index (χ3v) is 5.11. The van der Waals surface area contributed by atoms with Crippen LogP contribution in [0.15, 0.2) is 53.0 Å². The van der Waals surface area contributed by atoms with Gasteiger partial charge in [-0.05, 0) is 36.2 Å². The van der Waals surface area contributed by atoms with Crippen molar-refractivity contribution in [3.8, 4) is 5.75 Å². The highest BCUT2D eigenvalue weighted by molar-refractivity contribution is 9.10. The predicted molar refractivity (Wildman–Crippen MR) is 109 cm³/mol. The van der Waals surface area contributed by atoms with Crippen LogP contribution in [-0.4, -0.2) is 55.1 Å². The van der Waals surface area contributed by atoms with Gasteiger partial charge in [-0.2, -0.15) is 0 Å². The van der Waals surface area contributed by atoms with Crippen LogP contribution in [0.1, 0.15) is 22.3 Å². The van der Waals surface area contributed by atoms with Crippen molar-refractivity contribution < 1.29 is 19.1 Å². The second-order valence-electron chi connectivity index (χ2n) is 6.52. The monoisotopic (exact) mass is 446 g/mol. The highest BCUT2D eigenvalue weighted by atomic mass is 79.9. The first-order valence-corrected chi connectivity index (χ1v) is 9.96. The Morgan fingerprint density at radius 1 is 1.00 bits per heavy atom. The summed E-state index contributed by atoms with van der Waals surface area (Å²) in [6.07, 6.45) is 0.356. The molecule has 2 amide bonds. The predicted octanol–water partition coefficient (Wildman–Crippen LogP) is 3.94. The summed E-state index contributed by atoms with van der Waals surface area (Å²) < 4.78 is 11.7. The summed E-state index contributed by atoms with van der Waals surface area (Å²) in [6.45, 7) is 2.47. The molecule has 1 fully saturated rings. The van der Waals surface area contributed by atoms with E-state index in [1.165, 1.54) is 7.11 Å². The zero-order valence-electron chi connectivity index (χ0n) is 15.8. The standard InChI is InChI=1S/C21H23BrN2O4/c1-27-21(26)24-11-5-10-23(12-13-24)20(25)18-8-2-3-9-19(18)28-15-16-6-4-7-17(22)14-16/h2-4,6-9,14H,5,10-13,15H2,1H3. The Bertz CT molecular complexity index is 843. The van der Waals surface area contributed by atoms with Gasteiger partial charge in [0.2, 0.25) is 0 Å². The molecule has 148 valence electrons. The van der Waals surface area contributed by atoms with Crippen LogP contribution in [0, 0.1) is 0 Å². The van der Waals surface area contributed by atoms with Gasteiger partial charge in [-0.3, -0.25) is 4.79 Å². The molecule has 7 heteroatoms.